The lowest BCUT2D eigenvalue weighted by Gasteiger charge is -2.22. The molecule has 0 radical (unpaired) electrons. The zero-order valence-corrected chi connectivity index (χ0v) is 29.1. The molecule has 0 amide bonds. The van der Waals surface area contributed by atoms with E-state index in [4.69, 9.17) is 4.98 Å². The monoisotopic (exact) mass is 665 g/mol. The van der Waals surface area contributed by atoms with Crippen molar-refractivity contribution < 1.29 is 0 Å². The Kier molecular flexibility index (Phi) is 6.84. The number of aromatic nitrogens is 3. The minimum Gasteiger partial charge on any atom is -0.309 e. The van der Waals surface area contributed by atoms with Gasteiger partial charge in [-0.25, -0.2) is 9.97 Å². The second-order valence-electron chi connectivity index (χ2n) is 14.3. The zero-order valence-electron chi connectivity index (χ0n) is 29.1. The summed E-state index contributed by atoms with van der Waals surface area (Å²) in [5.41, 5.74) is 16.8. The molecule has 0 N–H and O–H groups in total. The zero-order chi connectivity index (χ0) is 34.8. The van der Waals surface area contributed by atoms with E-state index in [-0.39, 0.29) is 5.41 Å². The lowest BCUT2D eigenvalue weighted by Crippen LogP contribution is -2.14. The first kappa shape index (κ1) is 30.3. The van der Waals surface area contributed by atoms with E-state index in [1.807, 2.05) is 30.5 Å². The van der Waals surface area contributed by atoms with Crippen LogP contribution in [-0.4, -0.2) is 14.5 Å². The van der Waals surface area contributed by atoms with E-state index >= 15 is 0 Å². The minimum absolute atomic E-state index is 0.0166. The van der Waals surface area contributed by atoms with Crippen LogP contribution in [-0.2, 0) is 5.41 Å². The summed E-state index contributed by atoms with van der Waals surface area (Å²) in [6.07, 6.45) is 1.84. The van der Waals surface area contributed by atoms with Crippen LogP contribution in [0.25, 0.3) is 83.5 Å². The van der Waals surface area contributed by atoms with Crippen molar-refractivity contribution >= 4 is 21.8 Å². The summed E-state index contributed by atoms with van der Waals surface area (Å²) in [5, 5.41) is 2.48. The molecule has 2 aromatic heterocycles. The molecule has 0 atom stereocenters. The molecule has 0 spiro atoms. The summed E-state index contributed by atoms with van der Waals surface area (Å²) in [6.45, 7) is 4.68. The van der Waals surface area contributed by atoms with Crippen LogP contribution in [0.15, 0.2) is 176 Å². The third-order valence-electron chi connectivity index (χ3n) is 10.9. The van der Waals surface area contributed by atoms with Gasteiger partial charge in [0, 0.05) is 39.2 Å². The number of fused-ring (bicyclic) bond motifs is 6. The smallest absolute Gasteiger partial charge is 0.159 e. The Bertz CT molecular complexity index is 2790. The summed E-state index contributed by atoms with van der Waals surface area (Å²) in [6, 6.07) is 61.2. The molecule has 0 saturated heterocycles. The Morgan fingerprint density at radius 1 is 0.442 bits per heavy atom. The largest absolute Gasteiger partial charge is 0.309 e. The van der Waals surface area contributed by atoms with Gasteiger partial charge in [0.15, 0.2) is 5.82 Å². The molecule has 3 heteroatoms. The second-order valence-corrected chi connectivity index (χ2v) is 14.3. The summed E-state index contributed by atoms with van der Waals surface area (Å²) in [7, 11) is 0. The van der Waals surface area contributed by atoms with E-state index in [1.165, 1.54) is 66.3 Å². The summed E-state index contributed by atoms with van der Waals surface area (Å²) >= 11 is 0. The summed E-state index contributed by atoms with van der Waals surface area (Å²) in [4.78, 5) is 9.50. The fourth-order valence-electron chi connectivity index (χ4n) is 8.19. The molecule has 0 bridgehead atoms. The first-order valence-electron chi connectivity index (χ1n) is 17.9. The Hall–Kier alpha value is -6.58. The van der Waals surface area contributed by atoms with Gasteiger partial charge in [0.1, 0.15) is 0 Å². The van der Waals surface area contributed by atoms with Gasteiger partial charge in [0.05, 0.1) is 16.7 Å². The summed E-state index contributed by atoms with van der Waals surface area (Å²) in [5.74, 6) is 0.717. The van der Waals surface area contributed by atoms with E-state index in [0.717, 1.165) is 28.3 Å². The summed E-state index contributed by atoms with van der Waals surface area (Å²) < 4.78 is 2.37. The van der Waals surface area contributed by atoms with E-state index in [0.29, 0.717) is 0 Å². The van der Waals surface area contributed by atoms with Crippen molar-refractivity contribution in [2.45, 2.75) is 19.3 Å². The maximum Gasteiger partial charge on any atom is 0.159 e. The predicted octanol–water partition coefficient (Wildman–Crippen LogP) is 12.5. The third kappa shape index (κ3) is 4.81. The molecule has 0 aliphatic heterocycles. The van der Waals surface area contributed by atoms with Gasteiger partial charge in [-0.05, 0) is 93.0 Å². The normalized spacial score (nSPS) is 13.0. The predicted molar refractivity (Wildman–Crippen MR) is 216 cm³/mol. The van der Waals surface area contributed by atoms with Crippen molar-refractivity contribution in [3.8, 4) is 61.7 Å². The molecule has 3 nitrogen and oxygen atoms in total. The Morgan fingerprint density at radius 3 is 1.87 bits per heavy atom. The van der Waals surface area contributed by atoms with Crippen LogP contribution < -0.4 is 0 Å². The highest BCUT2D eigenvalue weighted by Crippen LogP contribution is 2.49. The highest BCUT2D eigenvalue weighted by Gasteiger charge is 2.35. The van der Waals surface area contributed by atoms with E-state index < -0.39 is 0 Å². The van der Waals surface area contributed by atoms with Gasteiger partial charge in [0.2, 0.25) is 0 Å². The van der Waals surface area contributed by atoms with Crippen molar-refractivity contribution in [1.82, 2.24) is 14.5 Å². The van der Waals surface area contributed by atoms with Crippen molar-refractivity contribution in [1.29, 1.82) is 0 Å². The van der Waals surface area contributed by atoms with Gasteiger partial charge in [-0.15, -0.1) is 0 Å². The molecule has 1 aliphatic carbocycles. The molecule has 2 heterocycles. The third-order valence-corrected chi connectivity index (χ3v) is 10.9. The standard InChI is InChI=1S/C49H35N3/c1-49(2)43-14-8-6-12-39(43)40-26-22-36(30-44(40)49)32-16-18-33(19-17-32)37-23-27-42-41-13-7-9-15-46(41)52(47(42)31-37)38-24-20-35(21-25-38)48-50-29-28-45(51-48)34-10-4-3-5-11-34/h3-31H,1-2H3. The molecule has 0 saturated carbocycles. The Balaban J connectivity index is 1.00. The molecule has 246 valence electrons. The van der Waals surface area contributed by atoms with Crippen LogP contribution in [0.1, 0.15) is 25.0 Å². The average molecular weight is 666 g/mol. The van der Waals surface area contributed by atoms with Gasteiger partial charge in [-0.1, -0.05) is 135 Å². The highest BCUT2D eigenvalue weighted by molar-refractivity contribution is 6.10. The quantitative estimate of drug-likeness (QED) is 0.183. The Morgan fingerprint density at radius 2 is 1.06 bits per heavy atom. The number of hydrogen-bond acceptors (Lipinski definition) is 2. The maximum absolute atomic E-state index is 4.89. The van der Waals surface area contributed by atoms with E-state index in [1.54, 1.807) is 0 Å². The van der Waals surface area contributed by atoms with Gasteiger partial charge >= 0.3 is 0 Å². The van der Waals surface area contributed by atoms with Crippen LogP contribution in [0, 0.1) is 0 Å². The van der Waals surface area contributed by atoms with Crippen LogP contribution in [0.3, 0.4) is 0 Å². The van der Waals surface area contributed by atoms with E-state index in [9.17, 15) is 0 Å². The molecule has 0 unspecified atom stereocenters. The van der Waals surface area contributed by atoms with Crippen LogP contribution >= 0.6 is 0 Å². The molecule has 9 aromatic rings. The highest BCUT2D eigenvalue weighted by atomic mass is 15.0. The molecule has 7 aromatic carbocycles. The first-order valence-corrected chi connectivity index (χ1v) is 17.9. The topological polar surface area (TPSA) is 30.7 Å². The molecule has 52 heavy (non-hydrogen) atoms. The lowest BCUT2D eigenvalue weighted by atomic mass is 9.81. The number of rotatable bonds is 5. The number of nitrogens with zero attached hydrogens (tertiary/aromatic N) is 3. The maximum atomic E-state index is 4.89. The van der Waals surface area contributed by atoms with Crippen molar-refractivity contribution in [3.63, 3.8) is 0 Å². The first-order chi connectivity index (χ1) is 25.5. The van der Waals surface area contributed by atoms with Crippen LogP contribution in [0.5, 0.6) is 0 Å². The minimum atomic E-state index is -0.0166. The molecule has 1 aliphatic rings. The Labute approximate surface area is 303 Å². The van der Waals surface area contributed by atoms with Crippen molar-refractivity contribution in [2.75, 3.05) is 0 Å². The van der Waals surface area contributed by atoms with Crippen molar-refractivity contribution in [2.24, 2.45) is 0 Å². The van der Waals surface area contributed by atoms with Gasteiger partial charge in [0.25, 0.3) is 0 Å². The number of hydrogen-bond donors (Lipinski definition) is 0. The fourth-order valence-corrected chi connectivity index (χ4v) is 8.19. The lowest BCUT2D eigenvalue weighted by molar-refractivity contribution is 0.660. The van der Waals surface area contributed by atoms with E-state index in [2.05, 4.69) is 169 Å². The SMILES string of the molecule is CC1(C)c2ccccc2-c2ccc(-c3ccc(-c4ccc5c6ccccc6n(-c6ccc(-c7nccc(-c8ccccc8)n7)cc6)c5c4)cc3)cc21. The van der Waals surface area contributed by atoms with Crippen LogP contribution in [0.4, 0.5) is 0 Å². The second kappa shape index (κ2) is 11.8. The molecular formula is C49H35N3. The number of benzene rings is 7. The average Bonchev–Trinajstić information content (AvgIpc) is 3.66. The fraction of sp³-hybridized carbons (Fsp3) is 0.0612. The van der Waals surface area contributed by atoms with Gasteiger partial charge in [-0.2, -0.15) is 0 Å². The molecular weight excluding hydrogens is 631 g/mol. The van der Waals surface area contributed by atoms with Gasteiger partial charge < -0.3 is 4.57 Å². The van der Waals surface area contributed by atoms with Crippen molar-refractivity contribution in [3.05, 3.63) is 187 Å². The van der Waals surface area contributed by atoms with Crippen LogP contribution in [0.2, 0.25) is 0 Å². The van der Waals surface area contributed by atoms with Gasteiger partial charge in [-0.3, -0.25) is 0 Å². The number of para-hydroxylation sites is 1. The molecule has 10 rings (SSSR count). The molecule has 0 fully saturated rings.